The van der Waals surface area contributed by atoms with E-state index >= 15 is 0 Å². The number of benzene rings is 1. The van der Waals surface area contributed by atoms with Gasteiger partial charge >= 0.3 is 0 Å². The number of halogens is 2. The molecule has 2 aliphatic heterocycles. The number of piperazine rings is 1. The minimum absolute atomic E-state index is 0.162. The third kappa shape index (κ3) is 2.71. The van der Waals surface area contributed by atoms with Crippen LogP contribution in [0.2, 0.25) is 0 Å². The zero-order valence-electron chi connectivity index (χ0n) is 11.1. The molecule has 0 amide bonds. The van der Waals surface area contributed by atoms with Gasteiger partial charge in [0.1, 0.15) is 0 Å². The van der Waals surface area contributed by atoms with Crippen LogP contribution in [-0.4, -0.2) is 44.3 Å². The van der Waals surface area contributed by atoms with Crippen molar-refractivity contribution < 1.29 is 18.3 Å². The Morgan fingerprint density at radius 3 is 2.75 bits per heavy atom. The van der Waals surface area contributed by atoms with Crippen LogP contribution in [-0.2, 0) is 0 Å². The Hall–Kier alpha value is -1.40. The lowest BCUT2D eigenvalue weighted by molar-refractivity contribution is 0.0725. The average molecular weight is 284 g/mol. The first kappa shape index (κ1) is 13.6. The molecule has 6 heteroatoms. The van der Waals surface area contributed by atoms with E-state index in [1.807, 2.05) is 18.2 Å². The van der Waals surface area contributed by atoms with Crippen LogP contribution in [0.5, 0.6) is 11.5 Å². The van der Waals surface area contributed by atoms with E-state index in [1.165, 1.54) is 0 Å². The topological polar surface area (TPSA) is 33.7 Å². The summed E-state index contributed by atoms with van der Waals surface area (Å²) in [4.78, 5) is 2.10. The van der Waals surface area contributed by atoms with Crippen LogP contribution in [0.1, 0.15) is 18.0 Å². The SMILES string of the molecule is FC(F)C[C@H](c1cccc2c1OCO2)N1CCNCC1. The highest BCUT2D eigenvalue weighted by atomic mass is 19.3. The minimum atomic E-state index is -2.34. The zero-order valence-corrected chi connectivity index (χ0v) is 11.1. The molecule has 1 N–H and O–H groups in total. The molecular formula is C14H18F2N2O2. The predicted octanol–water partition coefficient (Wildman–Crippen LogP) is 2.02. The van der Waals surface area contributed by atoms with E-state index in [-0.39, 0.29) is 19.3 Å². The summed E-state index contributed by atoms with van der Waals surface area (Å²) >= 11 is 0. The second-order valence-electron chi connectivity index (χ2n) is 5.01. The van der Waals surface area contributed by atoms with Gasteiger partial charge in [0.2, 0.25) is 13.2 Å². The lowest BCUT2D eigenvalue weighted by atomic mass is 10.00. The second-order valence-corrected chi connectivity index (χ2v) is 5.01. The van der Waals surface area contributed by atoms with Crippen LogP contribution in [0.3, 0.4) is 0 Å². The van der Waals surface area contributed by atoms with Gasteiger partial charge in [-0.2, -0.15) is 0 Å². The molecule has 1 aromatic rings. The minimum Gasteiger partial charge on any atom is -0.454 e. The summed E-state index contributed by atoms with van der Waals surface area (Å²) in [6, 6.07) is 5.18. The highest BCUT2D eigenvalue weighted by Gasteiger charge is 2.30. The van der Waals surface area contributed by atoms with Crippen LogP contribution in [0.4, 0.5) is 8.78 Å². The summed E-state index contributed by atoms with van der Waals surface area (Å²) in [5.41, 5.74) is 0.808. The van der Waals surface area contributed by atoms with Crippen molar-refractivity contribution in [2.24, 2.45) is 0 Å². The fourth-order valence-electron chi connectivity index (χ4n) is 2.85. The average Bonchev–Trinajstić information content (AvgIpc) is 2.94. The van der Waals surface area contributed by atoms with Crippen molar-refractivity contribution in [2.45, 2.75) is 18.9 Å². The van der Waals surface area contributed by atoms with Crippen LogP contribution < -0.4 is 14.8 Å². The van der Waals surface area contributed by atoms with Crippen molar-refractivity contribution in [3.05, 3.63) is 23.8 Å². The Kier molecular flexibility index (Phi) is 4.03. The standard InChI is InChI=1S/C14H18F2N2O2/c15-13(16)8-11(18-6-4-17-5-7-18)10-2-1-3-12-14(10)20-9-19-12/h1-3,11,13,17H,4-9H2/t11-/m1/s1. The van der Waals surface area contributed by atoms with Crippen LogP contribution in [0.25, 0.3) is 0 Å². The van der Waals surface area contributed by atoms with Crippen molar-refractivity contribution >= 4 is 0 Å². The maximum Gasteiger partial charge on any atom is 0.240 e. The third-order valence-corrected chi connectivity index (χ3v) is 3.78. The Labute approximate surface area is 116 Å². The fourth-order valence-corrected chi connectivity index (χ4v) is 2.85. The van der Waals surface area contributed by atoms with Gasteiger partial charge in [-0.25, -0.2) is 8.78 Å². The molecule has 0 saturated carbocycles. The van der Waals surface area contributed by atoms with E-state index in [4.69, 9.17) is 9.47 Å². The Morgan fingerprint density at radius 1 is 1.20 bits per heavy atom. The number of nitrogens with one attached hydrogen (secondary N) is 1. The summed E-state index contributed by atoms with van der Waals surface area (Å²) in [6.45, 7) is 3.34. The van der Waals surface area contributed by atoms with Gasteiger partial charge in [-0.05, 0) is 6.07 Å². The number of alkyl halides is 2. The molecule has 1 aromatic carbocycles. The molecule has 1 atom stereocenters. The smallest absolute Gasteiger partial charge is 0.240 e. The quantitative estimate of drug-likeness (QED) is 0.917. The summed E-state index contributed by atoms with van der Waals surface area (Å²) in [5, 5.41) is 3.24. The van der Waals surface area contributed by atoms with Gasteiger partial charge < -0.3 is 14.8 Å². The van der Waals surface area contributed by atoms with E-state index in [0.29, 0.717) is 11.5 Å². The van der Waals surface area contributed by atoms with Gasteiger partial charge in [-0.3, -0.25) is 4.90 Å². The first-order valence-corrected chi connectivity index (χ1v) is 6.87. The van der Waals surface area contributed by atoms with Crippen LogP contribution in [0.15, 0.2) is 18.2 Å². The molecule has 110 valence electrons. The number of para-hydroxylation sites is 1. The maximum absolute atomic E-state index is 13.0. The maximum atomic E-state index is 13.0. The normalized spacial score (nSPS) is 20.4. The van der Waals surface area contributed by atoms with Crippen molar-refractivity contribution in [1.82, 2.24) is 10.2 Å². The number of ether oxygens (including phenoxy) is 2. The largest absolute Gasteiger partial charge is 0.454 e. The van der Waals surface area contributed by atoms with Crippen LogP contribution >= 0.6 is 0 Å². The molecule has 1 saturated heterocycles. The first-order chi connectivity index (χ1) is 9.75. The third-order valence-electron chi connectivity index (χ3n) is 3.78. The molecule has 0 bridgehead atoms. The second kappa shape index (κ2) is 5.93. The highest BCUT2D eigenvalue weighted by molar-refractivity contribution is 5.49. The Morgan fingerprint density at radius 2 is 2.00 bits per heavy atom. The number of hydrogen-bond donors (Lipinski definition) is 1. The Bertz CT molecular complexity index is 464. The van der Waals surface area contributed by atoms with E-state index in [9.17, 15) is 8.78 Å². The molecule has 4 nitrogen and oxygen atoms in total. The van der Waals surface area contributed by atoms with Gasteiger partial charge in [0.25, 0.3) is 0 Å². The first-order valence-electron chi connectivity index (χ1n) is 6.87. The highest BCUT2D eigenvalue weighted by Crippen LogP contribution is 2.42. The molecule has 0 spiro atoms. The lowest BCUT2D eigenvalue weighted by Gasteiger charge is -2.35. The van der Waals surface area contributed by atoms with Gasteiger partial charge in [-0.15, -0.1) is 0 Å². The zero-order chi connectivity index (χ0) is 13.9. The van der Waals surface area contributed by atoms with E-state index in [0.717, 1.165) is 31.7 Å². The fraction of sp³-hybridized carbons (Fsp3) is 0.571. The number of fused-ring (bicyclic) bond motifs is 1. The lowest BCUT2D eigenvalue weighted by Crippen LogP contribution is -2.45. The molecule has 1 fully saturated rings. The van der Waals surface area contributed by atoms with Gasteiger partial charge in [0.05, 0.1) is 0 Å². The molecule has 0 aromatic heterocycles. The van der Waals surface area contributed by atoms with E-state index in [1.54, 1.807) is 0 Å². The summed E-state index contributed by atoms with van der Waals surface area (Å²) in [6.07, 6.45) is -2.52. The molecular weight excluding hydrogens is 266 g/mol. The number of nitrogens with zero attached hydrogens (tertiary/aromatic N) is 1. The number of hydrogen-bond acceptors (Lipinski definition) is 4. The molecule has 20 heavy (non-hydrogen) atoms. The molecule has 2 heterocycles. The van der Waals surface area contributed by atoms with Crippen molar-refractivity contribution in [3.8, 4) is 11.5 Å². The predicted molar refractivity (Wildman–Crippen MR) is 70.4 cm³/mol. The monoisotopic (exact) mass is 284 g/mol. The number of rotatable bonds is 4. The van der Waals surface area contributed by atoms with Crippen molar-refractivity contribution in [2.75, 3.05) is 33.0 Å². The molecule has 0 radical (unpaired) electrons. The molecule has 0 aliphatic carbocycles. The molecule has 2 aliphatic rings. The van der Waals surface area contributed by atoms with Gasteiger partial charge in [0.15, 0.2) is 11.5 Å². The molecule has 0 unspecified atom stereocenters. The summed E-state index contributed by atoms with van der Waals surface area (Å²) < 4.78 is 36.7. The molecule has 3 rings (SSSR count). The Balaban J connectivity index is 1.90. The van der Waals surface area contributed by atoms with Crippen LogP contribution in [0, 0.1) is 0 Å². The van der Waals surface area contributed by atoms with E-state index in [2.05, 4.69) is 10.2 Å². The van der Waals surface area contributed by atoms with E-state index < -0.39 is 6.43 Å². The summed E-state index contributed by atoms with van der Waals surface area (Å²) in [5.74, 6) is 1.27. The van der Waals surface area contributed by atoms with Crippen molar-refractivity contribution in [3.63, 3.8) is 0 Å². The summed E-state index contributed by atoms with van der Waals surface area (Å²) in [7, 11) is 0. The van der Waals surface area contributed by atoms with Gasteiger partial charge in [-0.1, -0.05) is 12.1 Å². The van der Waals surface area contributed by atoms with Crippen molar-refractivity contribution in [1.29, 1.82) is 0 Å². The van der Waals surface area contributed by atoms with Gasteiger partial charge in [0, 0.05) is 44.2 Å².